The summed E-state index contributed by atoms with van der Waals surface area (Å²) in [5, 5.41) is 0. The van der Waals surface area contributed by atoms with Crippen molar-refractivity contribution in [3.8, 4) is 0 Å². The maximum absolute atomic E-state index is 8.12. The van der Waals surface area contributed by atoms with Gasteiger partial charge in [-0.1, -0.05) is 0 Å². The van der Waals surface area contributed by atoms with Crippen molar-refractivity contribution in [2.45, 2.75) is 0 Å². The summed E-state index contributed by atoms with van der Waals surface area (Å²) < 4.78 is 0. The van der Waals surface area contributed by atoms with Crippen LogP contribution in [0.3, 0.4) is 0 Å². The van der Waals surface area contributed by atoms with Crippen LogP contribution >= 0.6 is 49.6 Å². The number of rotatable bonds is 0. The summed E-state index contributed by atoms with van der Waals surface area (Å²) >= 11 is 0. The van der Waals surface area contributed by atoms with E-state index < -0.39 is 0 Å². The summed E-state index contributed by atoms with van der Waals surface area (Å²) in [6, 6.07) is 0. The van der Waals surface area contributed by atoms with Crippen molar-refractivity contribution < 1.29 is 9.59 Å². The second-order valence-electron chi connectivity index (χ2n) is 0.0833. The number of hydrogen-bond donors (Lipinski definition) is 0. The molecular formula is CH4Cl4O2. The zero-order valence-corrected chi connectivity index (χ0v) is 6.22. The predicted molar refractivity (Wildman–Crippen MR) is 34.0 cm³/mol. The second-order valence-corrected chi connectivity index (χ2v) is 0.0833. The molecule has 2 nitrogen and oxygen atoms in total. The van der Waals surface area contributed by atoms with Gasteiger partial charge in [-0.2, -0.15) is 9.59 Å². The van der Waals surface area contributed by atoms with Crippen LogP contribution in [-0.2, 0) is 9.59 Å². The van der Waals surface area contributed by atoms with Gasteiger partial charge in [-0.3, -0.25) is 0 Å². The summed E-state index contributed by atoms with van der Waals surface area (Å²) in [5.41, 5.74) is 0. The minimum atomic E-state index is 0. The highest BCUT2D eigenvalue weighted by Gasteiger charge is 1.13. The molecule has 7 heavy (non-hydrogen) atoms. The summed E-state index contributed by atoms with van der Waals surface area (Å²) in [6.07, 6.45) is 0.250. The Bertz CT molecular complexity index is 30.7. The molecule has 0 rings (SSSR count). The SMILES string of the molecule is Cl.Cl.Cl.Cl.O=C=O. The maximum atomic E-state index is 8.12. The van der Waals surface area contributed by atoms with Gasteiger partial charge in [0.15, 0.2) is 0 Å². The van der Waals surface area contributed by atoms with Gasteiger partial charge >= 0.3 is 6.15 Å². The largest absolute Gasteiger partial charge is 0.373 e. The Hall–Kier alpha value is 0.540. The normalized spacial score (nSPS) is 1.14. The van der Waals surface area contributed by atoms with Crippen molar-refractivity contribution in [1.29, 1.82) is 0 Å². The number of hydrogen-bond acceptors (Lipinski definition) is 2. The van der Waals surface area contributed by atoms with Gasteiger partial charge < -0.3 is 0 Å². The molecule has 0 amide bonds. The van der Waals surface area contributed by atoms with E-state index in [1.807, 2.05) is 0 Å². The fourth-order valence-corrected chi connectivity index (χ4v) is 0. The lowest BCUT2D eigenvalue weighted by Crippen LogP contribution is -1.22. The third kappa shape index (κ3) is 462. The lowest BCUT2D eigenvalue weighted by Gasteiger charge is -0.945. The van der Waals surface area contributed by atoms with E-state index >= 15 is 0 Å². The van der Waals surface area contributed by atoms with Crippen molar-refractivity contribution in [1.82, 2.24) is 0 Å². The first kappa shape index (κ1) is 50.0. The van der Waals surface area contributed by atoms with Crippen molar-refractivity contribution in [2.24, 2.45) is 0 Å². The topological polar surface area (TPSA) is 34.1 Å². The second kappa shape index (κ2) is 84.6. The van der Waals surface area contributed by atoms with Gasteiger partial charge in [-0.25, -0.2) is 0 Å². The van der Waals surface area contributed by atoms with E-state index in [0.29, 0.717) is 0 Å². The van der Waals surface area contributed by atoms with Crippen molar-refractivity contribution >= 4 is 55.8 Å². The van der Waals surface area contributed by atoms with Crippen LogP contribution in [0.15, 0.2) is 0 Å². The molecule has 0 bridgehead atoms. The van der Waals surface area contributed by atoms with Crippen molar-refractivity contribution in [3.05, 3.63) is 0 Å². The smallest absolute Gasteiger partial charge is 0.186 e. The molecular weight excluding hydrogens is 186 g/mol. The molecule has 0 aromatic rings. The minimum Gasteiger partial charge on any atom is -0.186 e. The molecule has 0 aliphatic heterocycles. The molecule has 0 N–H and O–H groups in total. The molecule has 0 heterocycles. The van der Waals surface area contributed by atoms with Crippen LogP contribution in [0.4, 0.5) is 0 Å². The van der Waals surface area contributed by atoms with E-state index in [0.717, 1.165) is 0 Å². The first-order valence-electron chi connectivity index (χ1n) is 0.408. The monoisotopic (exact) mass is 188 g/mol. The zero-order chi connectivity index (χ0) is 2.71. The van der Waals surface area contributed by atoms with E-state index in [-0.39, 0.29) is 55.8 Å². The number of carbonyl (C=O) groups excluding carboxylic acids is 2. The van der Waals surface area contributed by atoms with Crippen LogP contribution in [0.1, 0.15) is 0 Å². The van der Waals surface area contributed by atoms with Gasteiger partial charge in [0.25, 0.3) is 0 Å². The van der Waals surface area contributed by atoms with Crippen molar-refractivity contribution in [3.63, 3.8) is 0 Å². The molecule has 0 aliphatic carbocycles. The maximum Gasteiger partial charge on any atom is 0.373 e. The first-order valence-corrected chi connectivity index (χ1v) is 0.408. The molecule has 6 heteroatoms. The average Bonchev–Trinajstić information content (AvgIpc) is 0.918. The fraction of sp³-hybridized carbons (Fsp3) is 0. The Balaban J connectivity index is -0.00000000333. The van der Waals surface area contributed by atoms with Gasteiger partial charge in [-0.05, 0) is 0 Å². The molecule has 0 atom stereocenters. The molecule has 0 saturated heterocycles. The highest BCUT2D eigenvalue weighted by Crippen LogP contribution is 0.787. The third-order valence-electron chi connectivity index (χ3n) is 0. The molecule has 48 valence electrons. The Kier molecular flexibility index (Phi) is 604. The van der Waals surface area contributed by atoms with Gasteiger partial charge in [-0.15, -0.1) is 49.6 Å². The molecule has 0 radical (unpaired) electrons. The molecule has 0 spiro atoms. The lowest BCUT2D eigenvalue weighted by atomic mass is 11.8. The summed E-state index contributed by atoms with van der Waals surface area (Å²) in [5.74, 6) is 0. The predicted octanol–water partition coefficient (Wildman–Crippen LogP) is 1.10. The zero-order valence-electron chi connectivity index (χ0n) is 2.95. The highest BCUT2D eigenvalue weighted by atomic mass is 35.5. The van der Waals surface area contributed by atoms with E-state index in [1.165, 1.54) is 0 Å². The van der Waals surface area contributed by atoms with E-state index in [9.17, 15) is 0 Å². The van der Waals surface area contributed by atoms with Crippen LogP contribution in [0.2, 0.25) is 0 Å². The Labute approximate surface area is 65.7 Å². The van der Waals surface area contributed by atoms with Gasteiger partial charge in [0.1, 0.15) is 0 Å². The van der Waals surface area contributed by atoms with Gasteiger partial charge in [0.2, 0.25) is 0 Å². The minimum absolute atomic E-state index is 0. The lowest BCUT2D eigenvalue weighted by molar-refractivity contribution is -0.191. The van der Waals surface area contributed by atoms with Gasteiger partial charge in [0, 0.05) is 0 Å². The fourth-order valence-electron chi connectivity index (χ4n) is 0. The van der Waals surface area contributed by atoms with Crippen LogP contribution in [0.25, 0.3) is 0 Å². The Morgan fingerprint density at radius 2 is 0.714 bits per heavy atom. The van der Waals surface area contributed by atoms with Crippen LogP contribution in [-0.4, -0.2) is 6.15 Å². The highest BCUT2D eigenvalue weighted by molar-refractivity contribution is 5.86. The average molecular weight is 190 g/mol. The third-order valence-corrected chi connectivity index (χ3v) is 0. The molecule has 0 unspecified atom stereocenters. The molecule has 0 aliphatic rings. The van der Waals surface area contributed by atoms with E-state index in [2.05, 4.69) is 0 Å². The summed E-state index contributed by atoms with van der Waals surface area (Å²) in [4.78, 5) is 16.2. The van der Waals surface area contributed by atoms with Crippen LogP contribution in [0.5, 0.6) is 0 Å². The molecule has 0 fully saturated rings. The van der Waals surface area contributed by atoms with Crippen LogP contribution < -0.4 is 0 Å². The quantitative estimate of drug-likeness (QED) is 0.572. The standard InChI is InChI=1S/CO2.4ClH/c2-1-3;;;;/h;4*1H. The number of halogens is 4. The van der Waals surface area contributed by atoms with Crippen LogP contribution in [0, 0.1) is 0 Å². The Morgan fingerprint density at radius 1 is 0.714 bits per heavy atom. The summed E-state index contributed by atoms with van der Waals surface area (Å²) in [6.45, 7) is 0. The molecule has 0 saturated carbocycles. The first-order chi connectivity index (χ1) is 1.41. The van der Waals surface area contributed by atoms with E-state index in [1.54, 1.807) is 0 Å². The van der Waals surface area contributed by atoms with E-state index in [4.69, 9.17) is 9.59 Å². The van der Waals surface area contributed by atoms with Gasteiger partial charge in [0.05, 0.1) is 0 Å². The molecule has 0 aromatic heterocycles. The molecule has 0 aromatic carbocycles. The van der Waals surface area contributed by atoms with Crippen molar-refractivity contribution in [2.75, 3.05) is 0 Å². The summed E-state index contributed by atoms with van der Waals surface area (Å²) in [7, 11) is 0. The Morgan fingerprint density at radius 3 is 0.714 bits per heavy atom.